The number of benzene rings is 3. The molecule has 0 amide bonds. The third-order valence-corrected chi connectivity index (χ3v) is 6.90. The van der Waals surface area contributed by atoms with Crippen LogP contribution in [-0.2, 0) is 19.1 Å². The van der Waals surface area contributed by atoms with Gasteiger partial charge in [0.1, 0.15) is 24.2 Å². The number of rotatable bonds is 19. The molecule has 248 valence electrons. The minimum Gasteiger partial charge on any atom is -0.490 e. The number of carbonyl (C=O) groups is 3. The lowest BCUT2D eigenvalue weighted by atomic mass is 10.1. The number of azo groups is 1. The average Bonchev–Trinajstić information content (AvgIpc) is 3.08. The Hall–Kier alpha value is -5.05. The number of hydrogen-bond donors (Lipinski definition) is 0. The first kappa shape index (κ1) is 36.4. The predicted molar refractivity (Wildman–Crippen MR) is 182 cm³/mol. The first-order valence-corrected chi connectivity index (χ1v) is 16.1. The summed E-state index contributed by atoms with van der Waals surface area (Å²) in [7, 11) is 0. The molecule has 9 heteroatoms. The molecule has 0 saturated carbocycles. The fourth-order valence-electron chi connectivity index (χ4n) is 4.16. The predicted octanol–water partition coefficient (Wildman–Crippen LogP) is 9.51. The third-order valence-electron chi connectivity index (χ3n) is 6.90. The van der Waals surface area contributed by atoms with Crippen LogP contribution in [0, 0.1) is 0 Å². The van der Waals surface area contributed by atoms with Gasteiger partial charge in [-0.15, -0.1) is 0 Å². The highest BCUT2D eigenvalue weighted by atomic mass is 16.6. The van der Waals surface area contributed by atoms with Crippen LogP contribution in [0.25, 0.3) is 6.08 Å². The minimum atomic E-state index is -0.509. The highest BCUT2D eigenvalue weighted by molar-refractivity contribution is 5.91. The zero-order valence-corrected chi connectivity index (χ0v) is 27.5. The largest absolute Gasteiger partial charge is 0.490 e. The Kier molecular flexibility index (Phi) is 15.6. The highest BCUT2D eigenvalue weighted by Gasteiger charge is 2.16. The molecule has 9 nitrogen and oxygen atoms in total. The molecule has 1 atom stereocenters. The van der Waals surface area contributed by atoms with Crippen molar-refractivity contribution in [2.75, 3.05) is 13.2 Å². The molecule has 0 saturated heterocycles. The van der Waals surface area contributed by atoms with Gasteiger partial charge in [-0.2, -0.15) is 10.2 Å². The van der Waals surface area contributed by atoms with Crippen LogP contribution in [0.4, 0.5) is 11.4 Å². The summed E-state index contributed by atoms with van der Waals surface area (Å²) in [6.07, 6.45) is 9.51. The number of esters is 3. The molecular weight excluding hydrogens is 596 g/mol. The van der Waals surface area contributed by atoms with E-state index < -0.39 is 11.9 Å². The summed E-state index contributed by atoms with van der Waals surface area (Å²) >= 11 is 0. The van der Waals surface area contributed by atoms with Crippen molar-refractivity contribution in [2.24, 2.45) is 10.2 Å². The second-order valence-corrected chi connectivity index (χ2v) is 11.0. The summed E-state index contributed by atoms with van der Waals surface area (Å²) in [5.41, 5.74) is 2.69. The van der Waals surface area contributed by atoms with Gasteiger partial charge in [-0.3, -0.25) is 0 Å². The van der Waals surface area contributed by atoms with Crippen molar-refractivity contribution in [3.05, 3.63) is 102 Å². The molecule has 0 heterocycles. The average molecular weight is 641 g/mol. The molecule has 3 rings (SSSR count). The zero-order chi connectivity index (χ0) is 33.9. The molecule has 3 aromatic carbocycles. The van der Waals surface area contributed by atoms with E-state index in [1.54, 1.807) is 85.8 Å². The first-order chi connectivity index (χ1) is 22.8. The second kappa shape index (κ2) is 20.2. The van der Waals surface area contributed by atoms with Crippen LogP contribution in [0.2, 0.25) is 0 Å². The normalized spacial score (nSPS) is 11.7. The molecule has 47 heavy (non-hydrogen) atoms. The lowest BCUT2D eigenvalue weighted by Gasteiger charge is -2.18. The van der Waals surface area contributed by atoms with E-state index >= 15 is 0 Å². The number of unbranched alkanes of at least 4 members (excludes halogenated alkanes) is 4. The maximum atomic E-state index is 12.6. The van der Waals surface area contributed by atoms with Gasteiger partial charge in [0.2, 0.25) is 0 Å². The number of hydrogen-bond acceptors (Lipinski definition) is 9. The van der Waals surface area contributed by atoms with Crippen molar-refractivity contribution in [1.29, 1.82) is 0 Å². The highest BCUT2D eigenvalue weighted by Crippen LogP contribution is 2.23. The molecule has 0 aliphatic rings. The Bertz CT molecular complexity index is 1490. The van der Waals surface area contributed by atoms with Gasteiger partial charge >= 0.3 is 17.9 Å². The van der Waals surface area contributed by atoms with Crippen molar-refractivity contribution in [1.82, 2.24) is 0 Å². The van der Waals surface area contributed by atoms with Gasteiger partial charge in [0.15, 0.2) is 0 Å². The molecule has 0 aliphatic carbocycles. The van der Waals surface area contributed by atoms with E-state index in [0.29, 0.717) is 47.0 Å². The first-order valence-electron chi connectivity index (χ1n) is 16.1. The van der Waals surface area contributed by atoms with E-state index in [9.17, 15) is 14.4 Å². The SMILES string of the molecule is C=C(C)C(=O)OC(CCCC)COc1ccc(N=Nc2ccc(C(=O)Oc3ccc(/C=C/C(=O)OCCCCCC)cc3)cc2)cc1. The van der Waals surface area contributed by atoms with Crippen LogP contribution in [0.5, 0.6) is 11.5 Å². The Morgan fingerprint density at radius 1 is 0.787 bits per heavy atom. The van der Waals surface area contributed by atoms with Crippen LogP contribution in [0.1, 0.15) is 81.6 Å². The summed E-state index contributed by atoms with van der Waals surface area (Å²) < 4.78 is 22.0. The number of nitrogens with zero attached hydrogens (tertiary/aromatic N) is 2. The molecule has 0 bridgehead atoms. The fourth-order valence-corrected chi connectivity index (χ4v) is 4.16. The van der Waals surface area contributed by atoms with E-state index in [4.69, 9.17) is 18.9 Å². The van der Waals surface area contributed by atoms with E-state index in [1.165, 1.54) is 6.08 Å². The van der Waals surface area contributed by atoms with Crippen LogP contribution in [0.15, 0.2) is 101 Å². The number of carbonyl (C=O) groups excluding carboxylic acids is 3. The van der Waals surface area contributed by atoms with Crippen LogP contribution in [-0.4, -0.2) is 37.2 Å². The summed E-state index contributed by atoms with van der Waals surface area (Å²) in [6, 6.07) is 20.5. The van der Waals surface area contributed by atoms with Gasteiger partial charge < -0.3 is 18.9 Å². The van der Waals surface area contributed by atoms with Crippen molar-refractivity contribution >= 4 is 35.4 Å². The van der Waals surface area contributed by atoms with Gasteiger partial charge in [0.05, 0.1) is 23.5 Å². The topological polar surface area (TPSA) is 113 Å². The van der Waals surface area contributed by atoms with Crippen molar-refractivity contribution in [3.63, 3.8) is 0 Å². The maximum Gasteiger partial charge on any atom is 0.343 e. The summed E-state index contributed by atoms with van der Waals surface area (Å²) in [4.78, 5) is 36.4. The Morgan fingerprint density at radius 2 is 1.40 bits per heavy atom. The maximum absolute atomic E-state index is 12.6. The molecule has 1 unspecified atom stereocenters. The lowest BCUT2D eigenvalue weighted by molar-refractivity contribution is -0.146. The third kappa shape index (κ3) is 13.9. The van der Waals surface area contributed by atoms with Gasteiger partial charge in [-0.1, -0.05) is 58.2 Å². The minimum absolute atomic E-state index is 0.245. The monoisotopic (exact) mass is 640 g/mol. The standard InChI is InChI=1S/C38H44N2O7/c1-5-7-9-10-26-44-36(41)25-14-29-12-21-34(22-13-29)46-38(43)30-15-17-31(18-16-30)39-40-32-19-23-33(24-20-32)45-27-35(11-8-6-2)47-37(42)28(3)4/h12-25,35H,3,5-11,26-27H2,1-2,4H3/b25-14+,40-39?. The van der Waals surface area contributed by atoms with Crippen molar-refractivity contribution in [3.8, 4) is 11.5 Å². The second-order valence-electron chi connectivity index (χ2n) is 11.0. The number of ether oxygens (including phenoxy) is 4. The Morgan fingerprint density at radius 3 is 2.02 bits per heavy atom. The van der Waals surface area contributed by atoms with Gasteiger partial charge in [-0.05, 0) is 98.5 Å². The summed E-state index contributed by atoms with van der Waals surface area (Å²) in [5.74, 6) is -0.300. The molecule has 0 N–H and O–H groups in total. The Balaban J connectivity index is 1.46. The summed E-state index contributed by atoms with van der Waals surface area (Å²) in [6.45, 7) is 10.1. The van der Waals surface area contributed by atoms with E-state index in [-0.39, 0.29) is 18.7 Å². The van der Waals surface area contributed by atoms with Crippen LogP contribution < -0.4 is 9.47 Å². The lowest BCUT2D eigenvalue weighted by Crippen LogP contribution is -2.25. The molecule has 0 fully saturated rings. The van der Waals surface area contributed by atoms with Crippen LogP contribution >= 0.6 is 0 Å². The van der Waals surface area contributed by atoms with E-state index in [0.717, 1.165) is 44.1 Å². The fraction of sp³-hybridized carbons (Fsp3) is 0.342. The van der Waals surface area contributed by atoms with Gasteiger partial charge in [0.25, 0.3) is 0 Å². The van der Waals surface area contributed by atoms with Gasteiger partial charge in [-0.25, -0.2) is 14.4 Å². The van der Waals surface area contributed by atoms with Gasteiger partial charge in [0, 0.05) is 11.6 Å². The van der Waals surface area contributed by atoms with E-state index in [1.807, 2.05) is 0 Å². The Labute approximate surface area is 277 Å². The molecular formula is C38H44N2O7. The van der Waals surface area contributed by atoms with E-state index in [2.05, 4.69) is 30.7 Å². The van der Waals surface area contributed by atoms with Crippen molar-refractivity contribution in [2.45, 2.75) is 71.8 Å². The molecule has 0 aliphatic heterocycles. The molecule has 3 aromatic rings. The smallest absolute Gasteiger partial charge is 0.343 e. The molecule has 0 radical (unpaired) electrons. The quantitative estimate of drug-likeness (QED) is 0.0421. The zero-order valence-electron chi connectivity index (χ0n) is 27.5. The van der Waals surface area contributed by atoms with Crippen molar-refractivity contribution < 1.29 is 33.3 Å². The van der Waals surface area contributed by atoms with Crippen LogP contribution in [0.3, 0.4) is 0 Å². The summed E-state index contributed by atoms with van der Waals surface area (Å²) in [5, 5.41) is 8.50. The molecule has 0 spiro atoms. The molecule has 0 aromatic heterocycles.